The van der Waals surface area contributed by atoms with Gasteiger partial charge in [0, 0.05) is 24.5 Å². The number of nitrogens with two attached hydrogens (primary N) is 1. The zero-order valence-corrected chi connectivity index (χ0v) is 15.1. The minimum absolute atomic E-state index is 0.258. The molecule has 0 unspecified atom stereocenters. The van der Waals surface area contributed by atoms with Crippen LogP contribution in [-0.2, 0) is 13.1 Å². The molecule has 3 aromatic rings. The van der Waals surface area contributed by atoms with Crippen molar-refractivity contribution in [3.05, 3.63) is 83.8 Å². The number of rotatable bonds is 6. The van der Waals surface area contributed by atoms with Crippen LogP contribution in [0.4, 0.5) is 16.3 Å². The van der Waals surface area contributed by atoms with Gasteiger partial charge >= 0.3 is 6.03 Å². The average molecular weight is 376 g/mol. The van der Waals surface area contributed by atoms with Crippen LogP contribution in [0.1, 0.15) is 21.6 Å². The SMILES string of the molecule is Nc1ncccc1NC(=O)c1ccc(CNC(=O)NCc2ccccn2)cc1. The maximum absolute atomic E-state index is 12.3. The number of nitrogens with zero attached hydrogens (tertiary/aromatic N) is 2. The highest BCUT2D eigenvalue weighted by Crippen LogP contribution is 2.15. The van der Waals surface area contributed by atoms with Crippen LogP contribution in [0.15, 0.2) is 67.0 Å². The summed E-state index contributed by atoms with van der Waals surface area (Å²) in [5.74, 6) is -0.0271. The van der Waals surface area contributed by atoms with Gasteiger partial charge in [0.15, 0.2) is 0 Å². The van der Waals surface area contributed by atoms with Gasteiger partial charge in [-0.15, -0.1) is 0 Å². The fourth-order valence-electron chi connectivity index (χ4n) is 2.41. The maximum atomic E-state index is 12.3. The number of benzene rings is 1. The van der Waals surface area contributed by atoms with Crippen molar-refractivity contribution in [2.75, 3.05) is 11.1 Å². The number of pyridine rings is 2. The van der Waals surface area contributed by atoms with Gasteiger partial charge in [0.05, 0.1) is 17.9 Å². The first-order valence-corrected chi connectivity index (χ1v) is 8.64. The van der Waals surface area contributed by atoms with Crippen molar-refractivity contribution in [1.29, 1.82) is 0 Å². The number of nitrogens with one attached hydrogen (secondary N) is 3. The van der Waals surface area contributed by atoms with Crippen LogP contribution in [0.2, 0.25) is 0 Å². The lowest BCUT2D eigenvalue weighted by Gasteiger charge is -2.09. The summed E-state index contributed by atoms with van der Waals surface area (Å²) < 4.78 is 0. The van der Waals surface area contributed by atoms with E-state index in [0.29, 0.717) is 24.3 Å². The Morgan fingerprint density at radius 1 is 0.857 bits per heavy atom. The summed E-state index contributed by atoms with van der Waals surface area (Å²) in [5.41, 5.74) is 8.31. The molecule has 0 aliphatic heterocycles. The fraction of sp³-hybridized carbons (Fsp3) is 0.100. The number of nitrogen functional groups attached to an aromatic ring is 1. The molecule has 0 spiro atoms. The second-order valence-corrected chi connectivity index (χ2v) is 5.94. The van der Waals surface area contributed by atoms with E-state index in [1.807, 2.05) is 18.2 Å². The van der Waals surface area contributed by atoms with Crippen LogP contribution < -0.4 is 21.7 Å². The molecule has 3 amide bonds. The molecule has 3 rings (SSSR count). The summed E-state index contributed by atoms with van der Waals surface area (Å²) in [5, 5.41) is 8.22. The summed E-state index contributed by atoms with van der Waals surface area (Å²) >= 11 is 0. The number of urea groups is 1. The van der Waals surface area contributed by atoms with E-state index >= 15 is 0 Å². The van der Waals surface area contributed by atoms with Crippen LogP contribution in [0.25, 0.3) is 0 Å². The quantitative estimate of drug-likeness (QED) is 0.526. The number of hydrogen-bond donors (Lipinski definition) is 4. The summed E-state index contributed by atoms with van der Waals surface area (Å²) in [4.78, 5) is 32.2. The van der Waals surface area contributed by atoms with E-state index in [4.69, 9.17) is 5.73 Å². The molecule has 28 heavy (non-hydrogen) atoms. The first-order valence-electron chi connectivity index (χ1n) is 8.64. The first-order chi connectivity index (χ1) is 13.6. The smallest absolute Gasteiger partial charge is 0.315 e. The number of anilines is 2. The molecule has 142 valence electrons. The molecule has 5 N–H and O–H groups in total. The van der Waals surface area contributed by atoms with Crippen LogP contribution >= 0.6 is 0 Å². The summed E-state index contributed by atoms with van der Waals surface area (Å²) in [6.07, 6.45) is 3.23. The first kappa shape index (κ1) is 18.8. The van der Waals surface area contributed by atoms with Gasteiger partial charge in [-0.3, -0.25) is 9.78 Å². The highest BCUT2D eigenvalue weighted by atomic mass is 16.2. The topological polar surface area (TPSA) is 122 Å². The second kappa shape index (κ2) is 9.13. The van der Waals surface area contributed by atoms with Gasteiger partial charge in [0.2, 0.25) is 0 Å². The largest absolute Gasteiger partial charge is 0.382 e. The highest BCUT2D eigenvalue weighted by molar-refractivity contribution is 6.05. The zero-order valence-electron chi connectivity index (χ0n) is 15.1. The predicted molar refractivity (Wildman–Crippen MR) is 106 cm³/mol. The van der Waals surface area contributed by atoms with Crippen molar-refractivity contribution in [3.8, 4) is 0 Å². The van der Waals surface area contributed by atoms with Gasteiger partial charge in [-0.2, -0.15) is 0 Å². The zero-order chi connectivity index (χ0) is 19.8. The summed E-state index contributed by atoms with van der Waals surface area (Å²) in [6, 6.07) is 15.5. The van der Waals surface area contributed by atoms with Crippen LogP contribution in [-0.4, -0.2) is 21.9 Å². The fourth-order valence-corrected chi connectivity index (χ4v) is 2.41. The summed E-state index contributed by atoms with van der Waals surface area (Å²) in [6.45, 7) is 0.689. The number of amides is 3. The third kappa shape index (κ3) is 5.28. The van der Waals surface area contributed by atoms with E-state index in [-0.39, 0.29) is 17.8 Å². The van der Waals surface area contributed by atoms with Crippen molar-refractivity contribution < 1.29 is 9.59 Å². The van der Waals surface area contributed by atoms with Gasteiger partial charge in [-0.25, -0.2) is 9.78 Å². The molecule has 0 bridgehead atoms. The van der Waals surface area contributed by atoms with E-state index in [2.05, 4.69) is 25.9 Å². The third-order valence-corrected chi connectivity index (χ3v) is 3.91. The predicted octanol–water partition coefficient (Wildman–Crippen LogP) is 2.31. The van der Waals surface area contributed by atoms with E-state index in [9.17, 15) is 9.59 Å². The van der Waals surface area contributed by atoms with E-state index in [1.165, 1.54) is 0 Å². The molecule has 1 aromatic carbocycles. The normalized spacial score (nSPS) is 10.1. The third-order valence-electron chi connectivity index (χ3n) is 3.91. The summed E-state index contributed by atoms with van der Waals surface area (Å²) in [7, 11) is 0. The number of carbonyl (C=O) groups excluding carboxylic acids is 2. The molecule has 0 atom stereocenters. The monoisotopic (exact) mass is 376 g/mol. The highest BCUT2D eigenvalue weighted by Gasteiger charge is 2.08. The van der Waals surface area contributed by atoms with Crippen molar-refractivity contribution in [1.82, 2.24) is 20.6 Å². The Labute approximate surface area is 162 Å². The number of aromatic nitrogens is 2. The van der Waals surface area contributed by atoms with E-state index in [1.54, 1.807) is 48.8 Å². The molecule has 0 saturated heterocycles. The Morgan fingerprint density at radius 3 is 2.32 bits per heavy atom. The Kier molecular flexibility index (Phi) is 6.14. The van der Waals surface area contributed by atoms with Crippen molar-refractivity contribution in [3.63, 3.8) is 0 Å². The van der Waals surface area contributed by atoms with Crippen molar-refractivity contribution in [2.24, 2.45) is 0 Å². The van der Waals surface area contributed by atoms with E-state index < -0.39 is 0 Å². The van der Waals surface area contributed by atoms with Crippen molar-refractivity contribution in [2.45, 2.75) is 13.1 Å². The number of carbonyl (C=O) groups is 2. The lowest BCUT2D eigenvalue weighted by atomic mass is 10.1. The Bertz CT molecular complexity index is 944. The van der Waals surface area contributed by atoms with Gasteiger partial charge in [-0.1, -0.05) is 18.2 Å². The molecular formula is C20H20N6O2. The standard InChI is InChI=1S/C20H20N6O2/c21-18-17(5-3-11-23-18)26-19(27)15-8-6-14(7-9-15)12-24-20(28)25-13-16-4-1-2-10-22-16/h1-11H,12-13H2,(H2,21,23)(H,26,27)(H2,24,25,28). The molecule has 8 heteroatoms. The minimum atomic E-state index is -0.292. The van der Waals surface area contributed by atoms with E-state index in [0.717, 1.165) is 11.3 Å². The maximum Gasteiger partial charge on any atom is 0.315 e. The Hall–Kier alpha value is -3.94. The van der Waals surface area contributed by atoms with Crippen molar-refractivity contribution >= 4 is 23.4 Å². The minimum Gasteiger partial charge on any atom is -0.382 e. The van der Waals surface area contributed by atoms with Gasteiger partial charge < -0.3 is 21.7 Å². The average Bonchev–Trinajstić information content (AvgIpc) is 2.73. The molecule has 2 aromatic heterocycles. The van der Waals surface area contributed by atoms with Crippen LogP contribution in [0.5, 0.6) is 0 Å². The van der Waals surface area contributed by atoms with Gasteiger partial charge in [-0.05, 0) is 42.0 Å². The second-order valence-electron chi connectivity index (χ2n) is 5.94. The van der Waals surface area contributed by atoms with Gasteiger partial charge in [0.1, 0.15) is 5.82 Å². The molecule has 0 aliphatic rings. The van der Waals surface area contributed by atoms with Gasteiger partial charge in [0.25, 0.3) is 5.91 Å². The molecule has 0 radical (unpaired) electrons. The molecular weight excluding hydrogens is 356 g/mol. The lowest BCUT2D eigenvalue weighted by Crippen LogP contribution is -2.34. The molecule has 8 nitrogen and oxygen atoms in total. The molecule has 0 fully saturated rings. The van der Waals surface area contributed by atoms with Crippen LogP contribution in [0.3, 0.4) is 0 Å². The molecule has 2 heterocycles. The number of hydrogen-bond acceptors (Lipinski definition) is 5. The van der Waals surface area contributed by atoms with Crippen LogP contribution in [0, 0.1) is 0 Å². The molecule has 0 saturated carbocycles. The lowest BCUT2D eigenvalue weighted by molar-refractivity contribution is 0.102. The Balaban J connectivity index is 1.48. The molecule has 0 aliphatic carbocycles. The Morgan fingerprint density at radius 2 is 1.61 bits per heavy atom.